The van der Waals surface area contributed by atoms with Gasteiger partial charge in [0.2, 0.25) is 0 Å². The van der Waals surface area contributed by atoms with Crippen LogP contribution in [0.4, 0.5) is 13.2 Å². The van der Waals surface area contributed by atoms with Gasteiger partial charge in [-0.2, -0.15) is 13.2 Å². The highest BCUT2D eigenvalue weighted by Gasteiger charge is 2.69. The Labute approximate surface area is 189 Å². The van der Waals surface area contributed by atoms with Gasteiger partial charge >= 0.3 is 18.1 Å². The molecule has 1 N–H and O–H groups in total. The number of hydrogen-bond acceptors (Lipinski definition) is 3. The molecule has 0 aromatic heterocycles. The predicted molar refractivity (Wildman–Crippen MR) is 115 cm³/mol. The second-order valence-electron chi connectivity index (χ2n) is 11.6. The Hall–Kier alpha value is -1.27. The summed E-state index contributed by atoms with van der Waals surface area (Å²) >= 11 is 0. The number of rotatable bonds is 3. The van der Waals surface area contributed by atoms with Gasteiger partial charge in [-0.15, -0.1) is 0 Å². The fourth-order valence-corrected chi connectivity index (χ4v) is 9.01. The van der Waals surface area contributed by atoms with Crippen molar-refractivity contribution in [3.05, 3.63) is 0 Å². The molecule has 4 nitrogen and oxygen atoms in total. The van der Waals surface area contributed by atoms with Gasteiger partial charge in [0.15, 0.2) is 0 Å². The molecule has 0 saturated heterocycles. The van der Waals surface area contributed by atoms with E-state index in [-0.39, 0.29) is 29.3 Å². The zero-order chi connectivity index (χ0) is 23.5. The lowest BCUT2D eigenvalue weighted by atomic mass is 9.42. The van der Waals surface area contributed by atoms with E-state index in [4.69, 9.17) is 4.74 Å². The molecule has 4 aliphatic rings. The molecule has 4 saturated carbocycles. The Balaban J connectivity index is 1.75. The van der Waals surface area contributed by atoms with E-state index >= 15 is 0 Å². The number of halogens is 3. The number of amides is 1. The van der Waals surface area contributed by atoms with Gasteiger partial charge in [0, 0.05) is 18.4 Å². The zero-order valence-electron chi connectivity index (χ0n) is 19.8. The van der Waals surface area contributed by atoms with Crippen LogP contribution < -0.4 is 5.32 Å². The minimum absolute atomic E-state index is 0.0291. The number of carbonyl (C=O) groups is 2. The van der Waals surface area contributed by atoms with Gasteiger partial charge in [-0.25, -0.2) is 0 Å². The summed E-state index contributed by atoms with van der Waals surface area (Å²) in [5.41, 5.74) is -1.31. The number of hydrogen-bond donors (Lipinski definition) is 1. The smallest absolute Gasteiger partial charge is 0.463 e. The largest absolute Gasteiger partial charge is 0.471 e. The summed E-state index contributed by atoms with van der Waals surface area (Å²) < 4.78 is 46.0. The van der Waals surface area contributed by atoms with Crippen molar-refractivity contribution in [3.63, 3.8) is 0 Å². The summed E-state index contributed by atoms with van der Waals surface area (Å²) in [6.45, 7) is 7.63. The second kappa shape index (κ2) is 7.90. The van der Waals surface area contributed by atoms with E-state index < -0.39 is 23.0 Å². The molecule has 182 valence electrons. The maximum Gasteiger partial charge on any atom is 0.471 e. The highest BCUT2D eigenvalue weighted by Crippen LogP contribution is 2.69. The van der Waals surface area contributed by atoms with Gasteiger partial charge in [-0.1, -0.05) is 26.7 Å². The third-order valence-corrected chi connectivity index (χ3v) is 10.4. The van der Waals surface area contributed by atoms with Crippen LogP contribution in [0.2, 0.25) is 0 Å². The maximum absolute atomic E-state index is 13.5. The van der Waals surface area contributed by atoms with Crippen molar-refractivity contribution in [2.45, 2.75) is 110 Å². The second-order valence-corrected chi connectivity index (χ2v) is 11.6. The Morgan fingerprint density at radius 2 is 1.69 bits per heavy atom. The normalized spacial score (nSPS) is 44.6. The van der Waals surface area contributed by atoms with Crippen LogP contribution in [0.25, 0.3) is 0 Å². The maximum atomic E-state index is 13.5. The summed E-state index contributed by atoms with van der Waals surface area (Å²) in [7, 11) is 0. The van der Waals surface area contributed by atoms with E-state index in [9.17, 15) is 22.8 Å². The fourth-order valence-electron chi connectivity index (χ4n) is 9.01. The Bertz CT molecular complexity index is 770. The minimum Gasteiger partial charge on any atom is -0.463 e. The molecule has 1 amide bonds. The van der Waals surface area contributed by atoms with E-state index in [1.54, 1.807) is 0 Å². The van der Waals surface area contributed by atoms with Gasteiger partial charge in [0.25, 0.3) is 0 Å². The SMILES string of the molecule is CC(=O)OC(C)[C@H]1CC[C@]2(NC(=O)C(F)(F)F)[C@@H]3CC[C@@H]4CCCC[C@]4(C)[C@H]3CC[C@]12C. The summed E-state index contributed by atoms with van der Waals surface area (Å²) in [4.78, 5) is 24.0. The highest BCUT2D eigenvalue weighted by molar-refractivity contribution is 5.82. The fraction of sp³-hybridized carbons (Fsp3) is 0.920. The topological polar surface area (TPSA) is 55.4 Å². The molecule has 1 unspecified atom stereocenters. The van der Waals surface area contributed by atoms with E-state index in [1.165, 1.54) is 26.2 Å². The molecule has 0 aliphatic heterocycles. The van der Waals surface area contributed by atoms with Crippen molar-refractivity contribution >= 4 is 11.9 Å². The Morgan fingerprint density at radius 3 is 2.34 bits per heavy atom. The van der Waals surface area contributed by atoms with Crippen LogP contribution in [0.5, 0.6) is 0 Å². The summed E-state index contributed by atoms with van der Waals surface area (Å²) in [5.74, 6) is -1.28. The number of esters is 1. The van der Waals surface area contributed by atoms with Crippen molar-refractivity contribution in [1.29, 1.82) is 0 Å². The molecule has 4 rings (SSSR count). The number of alkyl halides is 3. The Kier molecular flexibility index (Phi) is 5.89. The number of ether oxygens (including phenoxy) is 1. The first-order valence-corrected chi connectivity index (χ1v) is 12.4. The van der Waals surface area contributed by atoms with Gasteiger partial charge < -0.3 is 10.1 Å². The van der Waals surface area contributed by atoms with Crippen LogP contribution in [-0.2, 0) is 14.3 Å². The quantitative estimate of drug-likeness (QED) is 0.546. The molecule has 32 heavy (non-hydrogen) atoms. The lowest BCUT2D eigenvalue weighted by Gasteiger charge is -2.65. The van der Waals surface area contributed by atoms with E-state index in [2.05, 4.69) is 12.2 Å². The molecule has 8 atom stereocenters. The van der Waals surface area contributed by atoms with Crippen molar-refractivity contribution in [1.82, 2.24) is 5.32 Å². The van der Waals surface area contributed by atoms with Crippen LogP contribution in [0.15, 0.2) is 0 Å². The van der Waals surface area contributed by atoms with Crippen molar-refractivity contribution < 1.29 is 27.5 Å². The van der Waals surface area contributed by atoms with Crippen molar-refractivity contribution in [2.75, 3.05) is 0 Å². The number of nitrogens with one attached hydrogen (secondary N) is 1. The van der Waals surface area contributed by atoms with Gasteiger partial charge in [0.05, 0.1) is 0 Å². The highest BCUT2D eigenvalue weighted by atomic mass is 19.4. The Morgan fingerprint density at radius 1 is 0.969 bits per heavy atom. The van der Waals surface area contributed by atoms with E-state index in [1.807, 2.05) is 13.8 Å². The monoisotopic (exact) mass is 457 g/mol. The van der Waals surface area contributed by atoms with Crippen molar-refractivity contribution in [3.8, 4) is 0 Å². The standard InChI is InChI=1S/C25H38F3NO3/c1-15(32-16(2)30)18-11-14-24(29-21(31)25(26,27)28)20-9-8-17-7-5-6-12-22(17,3)19(20)10-13-23(18,24)4/h15,17-20H,5-14H2,1-4H3,(H,29,31)/t15?,17-,18+,19-,20+,22-,23+,24-/m0/s1. The molecule has 7 heteroatoms. The summed E-state index contributed by atoms with van der Waals surface area (Å²) in [6.07, 6.45) is 4.27. The molecule has 0 bridgehead atoms. The lowest BCUT2D eigenvalue weighted by molar-refractivity contribution is -0.188. The molecule has 4 aliphatic carbocycles. The van der Waals surface area contributed by atoms with Crippen LogP contribution in [0.1, 0.15) is 91.9 Å². The summed E-state index contributed by atoms with van der Waals surface area (Å²) in [6, 6.07) is 0. The zero-order valence-corrected chi connectivity index (χ0v) is 19.8. The van der Waals surface area contributed by atoms with Gasteiger partial charge in [-0.3, -0.25) is 9.59 Å². The number of fused-ring (bicyclic) bond motifs is 5. The van der Waals surface area contributed by atoms with Gasteiger partial charge in [-0.05, 0) is 86.9 Å². The van der Waals surface area contributed by atoms with Crippen LogP contribution in [-0.4, -0.2) is 29.7 Å². The first-order chi connectivity index (χ1) is 14.8. The molecule has 0 aromatic rings. The van der Waals surface area contributed by atoms with E-state index in [0.29, 0.717) is 24.7 Å². The lowest BCUT2D eigenvalue weighted by Crippen LogP contribution is -2.70. The predicted octanol–water partition coefficient (Wildman–Crippen LogP) is 5.79. The first kappa shape index (κ1) is 23.9. The molecule has 0 heterocycles. The number of carbonyl (C=O) groups excluding carboxylic acids is 2. The summed E-state index contributed by atoms with van der Waals surface area (Å²) in [5, 5.41) is 2.62. The molecular weight excluding hydrogens is 419 g/mol. The first-order valence-electron chi connectivity index (χ1n) is 12.4. The van der Waals surface area contributed by atoms with Gasteiger partial charge in [0.1, 0.15) is 6.10 Å². The minimum atomic E-state index is -4.91. The average molecular weight is 458 g/mol. The molecule has 0 spiro atoms. The van der Waals surface area contributed by atoms with Crippen molar-refractivity contribution in [2.24, 2.45) is 34.5 Å². The van der Waals surface area contributed by atoms with Crippen LogP contribution >= 0.6 is 0 Å². The molecule has 4 fully saturated rings. The average Bonchev–Trinajstić information content (AvgIpc) is 2.99. The molecule has 0 aromatic carbocycles. The van der Waals surface area contributed by atoms with E-state index in [0.717, 1.165) is 32.1 Å². The third kappa shape index (κ3) is 3.48. The van der Waals surface area contributed by atoms with Crippen LogP contribution in [0.3, 0.4) is 0 Å². The van der Waals surface area contributed by atoms with Crippen LogP contribution in [0, 0.1) is 34.5 Å². The third-order valence-electron chi connectivity index (χ3n) is 10.4. The molecular formula is C25H38F3NO3. The molecule has 0 radical (unpaired) electrons.